The number of carbonyl (C=O) groups excluding carboxylic acids is 11. The van der Waals surface area contributed by atoms with Gasteiger partial charge in [-0.2, -0.15) is 0 Å². The second-order valence-corrected chi connectivity index (χ2v) is 15.7. The molecule has 0 aromatic carbocycles. The first-order valence-electron chi connectivity index (χ1n) is 20.3. The fraction of sp³-hybridized carbons (Fsp3) is 0.676. The molecule has 1 aliphatic heterocycles. The molecule has 0 unspecified atom stereocenters. The normalized spacial score (nSPS) is 17.6. The number of carboxylic acids is 1. The van der Waals surface area contributed by atoms with Gasteiger partial charge in [-0.05, 0) is 52.4 Å². The van der Waals surface area contributed by atoms with Crippen LogP contribution in [0.2, 0.25) is 0 Å². The number of carboxylic acid groups (broad SMARTS) is 1. The van der Waals surface area contributed by atoms with E-state index in [4.69, 9.17) is 22.9 Å². The fourth-order valence-corrected chi connectivity index (χ4v) is 6.34. The van der Waals surface area contributed by atoms with Crippen molar-refractivity contribution in [3.63, 3.8) is 0 Å². The first-order valence-corrected chi connectivity index (χ1v) is 20.3. The van der Waals surface area contributed by atoms with E-state index >= 15 is 0 Å². The summed E-state index contributed by atoms with van der Waals surface area (Å²) in [5, 5.41) is 45.8. The van der Waals surface area contributed by atoms with Crippen LogP contribution in [0.4, 0.5) is 0 Å². The third kappa shape index (κ3) is 18.5. The van der Waals surface area contributed by atoms with E-state index in [-0.39, 0.29) is 31.7 Å². The lowest BCUT2D eigenvalue weighted by molar-refractivity contribution is -0.144. The summed E-state index contributed by atoms with van der Waals surface area (Å²) < 4.78 is 0. The van der Waals surface area contributed by atoms with Gasteiger partial charge in [0.25, 0.3) is 0 Å². The molecule has 1 aliphatic rings. The van der Waals surface area contributed by atoms with Gasteiger partial charge in [-0.3, -0.25) is 57.5 Å². The smallest absolute Gasteiger partial charge is 0.305 e. The van der Waals surface area contributed by atoms with Crippen molar-refractivity contribution in [2.75, 3.05) is 13.1 Å². The van der Waals surface area contributed by atoms with Crippen molar-refractivity contribution in [2.24, 2.45) is 28.9 Å². The highest BCUT2D eigenvalue weighted by atomic mass is 16.4. The number of carbonyl (C=O) groups is 12. The topological polar surface area (TPSA) is 457 Å². The quantitative estimate of drug-likeness (QED) is 0.0364. The van der Waals surface area contributed by atoms with Crippen LogP contribution in [-0.4, -0.2) is 165 Å². The van der Waals surface area contributed by atoms with Gasteiger partial charge >= 0.3 is 5.97 Å². The molecule has 1 fully saturated rings. The zero-order valence-corrected chi connectivity index (χ0v) is 36.2. The van der Waals surface area contributed by atoms with Crippen LogP contribution in [-0.2, 0) is 57.5 Å². The molecule has 0 spiro atoms. The predicted molar refractivity (Wildman–Crippen MR) is 219 cm³/mol. The Labute approximate surface area is 367 Å². The lowest BCUT2D eigenvalue weighted by Gasteiger charge is -2.31. The number of likely N-dealkylation sites (tertiary alicyclic amines) is 1. The van der Waals surface area contributed by atoms with E-state index in [1.807, 2.05) is 0 Å². The maximum atomic E-state index is 13.7. The molecule has 0 aliphatic carbocycles. The monoisotopic (exact) mass is 914 g/mol. The lowest BCUT2D eigenvalue weighted by Crippen LogP contribution is -2.61. The number of aliphatic hydroxyl groups excluding tert-OH is 2. The number of rotatable bonds is 27. The van der Waals surface area contributed by atoms with Crippen molar-refractivity contribution in [2.45, 2.75) is 140 Å². The van der Waals surface area contributed by atoms with Crippen molar-refractivity contribution in [1.82, 2.24) is 42.1 Å². The van der Waals surface area contributed by atoms with E-state index in [9.17, 15) is 72.9 Å². The number of amides is 11. The average Bonchev–Trinajstić information content (AvgIpc) is 3.68. The fourth-order valence-electron chi connectivity index (χ4n) is 6.34. The standard InChI is InChI=1S/C37H62N12O15/c1-15(2)11-20(33(60)45-21(12-25(40)53)35(62)47-28(17(4)50)30(41)57)44-34(61)22(13-27(55)56)46-32(59)19(8-9-24(39)52)43-36(63)23-7-6-10-49(23)37(64)29(18(5)51)48-31(58)16(3)42-26(54)14-38/h15-23,28-29,50-51H,6-14,38H2,1-5H3,(H2,39,52)(H2,40,53)(H2,41,57)(H,42,54)(H,43,63)(H,44,61)(H,45,60)(H,46,59)(H,47,62)(H,48,58)(H,55,56)/t16-,17+,18+,19-,20-,21-,22-,23-,28-,29-/m0/s1. The van der Waals surface area contributed by atoms with E-state index < -0.39 is 164 Å². The van der Waals surface area contributed by atoms with Gasteiger partial charge < -0.3 is 80.4 Å². The largest absolute Gasteiger partial charge is 0.481 e. The van der Waals surface area contributed by atoms with Crippen LogP contribution in [0.5, 0.6) is 0 Å². The second-order valence-electron chi connectivity index (χ2n) is 15.7. The predicted octanol–water partition coefficient (Wildman–Crippen LogP) is -7.74. The molecule has 0 radical (unpaired) electrons. The summed E-state index contributed by atoms with van der Waals surface area (Å²) in [7, 11) is 0. The highest BCUT2D eigenvalue weighted by Gasteiger charge is 2.41. The molecule has 64 heavy (non-hydrogen) atoms. The minimum absolute atomic E-state index is 0.0305. The highest BCUT2D eigenvalue weighted by Crippen LogP contribution is 2.20. The number of aliphatic hydroxyl groups is 2. The van der Waals surface area contributed by atoms with Gasteiger partial charge in [-0.15, -0.1) is 0 Å². The number of nitrogens with two attached hydrogens (primary N) is 4. The molecule has 1 saturated heterocycles. The van der Waals surface area contributed by atoms with Gasteiger partial charge in [0.05, 0.1) is 31.6 Å². The van der Waals surface area contributed by atoms with Crippen LogP contribution >= 0.6 is 0 Å². The number of aliphatic carboxylic acids is 1. The number of nitrogens with zero attached hydrogens (tertiary/aromatic N) is 1. The molecule has 0 bridgehead atoms. The summed E-state index contributed by atoms with van der Waals surface area (Å²) >= 11 is 0. The summed E-state index contributed by atoms with van der Waals surface area (Å²) in [6.45, 7) is 6.44. The number of hydrogen-bond acceptors (Lipinski definition) is 15. The SMILES string of the molecule is CC(C)C[C@H](NC(=O)[C@H](CC(=O)O)NC(=O)[C@H](CCC(N)=O)NC(=O)[C@@H]1CCCN1C(=O)[C@@H](NC(=O)[C@H](C)NC(=O)CN)[C@@H](C)O)C(=O)N[C@@H](CC(N)=O)C(=O)N[C@H](C(N)=O)[C@@H](C)O. The lowest BCUT2D eigenvalue weighted by atomic mass is 10.0. The molecule has 11 amide bonds. The van der Waals surface area contributed by atoms with Gasteiger partial charge in [-0.25, -0.2) is 0 Å². The summed E-state index contributed by atoms with van der Waals surface area (Å²) in [5.41, 5.74) is 21.0. The molecule has 27 heteroatoms. The molecule has 0 saturated carbocycles. The molecule has 27 nitrogen and oxygen atoms in total. The van der Waals surface area contributed by atoms with Gasteiger partial charge in [0.15, 0.2) is 0 Å². The Kier molecular flexibility index (Phi) is 22.7. The van der Waals surface area contributed by atoms with E-state index in [2.05, 4.69) is 37.2 Å². The van der Waals surface area contributed by atoms with Crippen molar-refractivity contribution in [1.29, 1.82) is 0 Å². The van der Waals surface area contributed by atoms with Crippen LogP contribution in [0.25, 0.3) is 0 Å². The zero-order valence-electron chi connectivity index (χ0n) is 36.2. The molecule has 1 rings (SSSR count). The van der Waals surface area contributed by atoms with E-state index in [1.54, 1.807) is 13.8 Å². The van der Waals surface area contributed by atoms with Gasteiger partial charge in [0.2, 0.25) is 65.0 Å². The minimum Gasteiger partial charge on any atom is -0.481 e. The van der Waals surface area contributed by atoms with E-state index in [0.717, 1.165) is 11.8 Å². The molecule has 360 valence electrons. The van der Waals surface area contributed by atoms with Crippen molar-refractivity contribution >= 4 is 70.9 Å². The Morgan fingerprint density at radius 3 is 1.61 bits per heavy atom. The first-order chi connectivity index (χ1) is 29.7. The first kappa shape index (κ1) is 55.5. The second kappa shape index (κ2) is 26.2. The number of hydrogen-bond donors (Lipinski definition) is 14. The zero-order chi connectivity index (χ0) is 49.2. The molecule has 10 atom stereocenters. The minimum atomic E-state index is -1.95. The van der Waals surface area contributed by atoms with Gasteiger partial charge in [-0.1, -0.05) is 13.8 Å². The van der Waals surface area contributed by atoms with Crippen molar-refractivity contribution < 1.29 is 72.9 Å². The third-order valence-electron chi connectivity index (χ3n) is 9.63. The maximum Gasteiger partial charge on any atom is 0.305 e. The van der Waals surface area contributed by atoms with Crippen LogP contribution in [0.1, 0.15) is 79.6 Å². The molecule has 18 N–H and O–H groups in total. The number of nitrogens with one attached hydrogen (secondary N) is 7. The highest BCUT2D eigenvalue weighted by molar-refractivity contribution is 5.99. The van der Waals surface area contributed by atoms with Crippen LogP contribution in [0.3, 0.4) is 0 Å². The Bertz CT molecular complexity index is 1760. The van der Waals surface area contributed by atoms with Crippen LogP contribution < -0.4 is 60.2 Å². The average molecular weight is 915 g/mol. The summed E-state index contributed by atoms with van der Waals surface area (Å²) in [4.78, 5) is 154. The Balaban J connectivity index is 3.37. The Hall–Kier alpha value is -6.48. The maximum absolute atomic E-state index is 13.7. The van der Waals surface area contributed by atoms with Crippen LogP contribution in [0.15, 0.2) is 0 Å². The summed E-state index contributed by atoms with van der Waals surface area (Å²) in [5.74, 6) is -13.2. The third-order valence-corrected chi connectivity index (χ3v) is 9.63. The van der Waals surface area contributed by atoms with Gasteiger partial charge in [0.1, 0.15) is 48.3 Å². The molecule has 1 heterocycles. The molecular formula is C37H62N12O15. The summed E-state index contributed by atoms with van der Waals surface area (Å²) in [6.07, 6.45) is -5.77. The molecular weight excluding hydrogens is 852 g/mol. The summed E-state index contributed by atoms with van der Waals surface area (Å²) in [6, 6.07) is -12.7. The van der Waals surface area contributed by atoms with Gasteiger partial charge in [0, 0.05) is 13.0 Å². The van der Waals surface area contributed by atoms with Crippen molar-refractivity contribution in [3.8, 4) is 0 Å². The Morgan fingerprint density at radius 2 is 1.12 bits per heavy atom. The van der Waals surface area contributed by atoms with Crippen molar-refractivity contribution in [3.05, 3.63) is 0 Å². The molecule has 0 aromatic rings. The van der Waals surface area contributed by atoms with Crippen LogP contribution in [0, 0.1) is 5.92 Å². The Morgan fingerprint density at radius 1 is 0.625 bits per heavy atom. The molecule has 0 aromatic heterocycles. The van der Waals surface area contributed by atoms with E-state index in [1.165, 1.54) is 13.8 Å². The van der Waals surface area contributed by atoms with E-state index in [0.29, 0.717) is 0 Å². The number of primary amides is 3.